The van der Waals surface area contributed by atoms with Crippen molar-refractivity contribution in [3.05, 3.63) is 94.8 Å². The molecular formula is C25H25FN4. The number of aromatic nitrogens is 3. The van der Waals surface area contributed by atoms with E-state index in [-0.39, 0.29) is 5.82 Å². The van der Waals surface area contributed by atoms with Gasteiger partial charge >= 0.3 is 0 Å². The second-order valence-corrected chi connectivity index (χ2v) is 7.95. The molecule has 0 unspecified atom stereocenters. The van der Waals surface area contributed by atoms with Crippen molar-refractivity contribution in [3.63, 3.8) is 0 Å². The van der Waals surface area contributed by atoms with Gasteiger partial charge in [-0.05, 0) is 48.1 Å². The molecule has 0 bridgehead atoms. The molecule has 2 aliphatic heterocycles. The van der Waals surface area contributed by atoms with Gasteiger partial charge in [0.1, 0.15) is 12.1 Å². The van der Waals surface area contributed by atoms with E-state index in [2.05, 4.69) is 51.4 Å². The Morgan fingerprint density at radius 1 is 0.967 bits per heavy atom. The molecule has 3 heterocycles. The number of piperidine rings is 1. The Bertz CT molecular complexity index is 1090. The maximum atomic E-state index is 13.9. The van der Waals surface area contributed by atoms with Crippen LogP contribution in [0.3, 0.4) is 0 Å². The average molecular weight is 401 g/mol. The zero-order chi connectivity index (χ0) is 20.3. The summed E-state index contributed by atoms with van der Waals surface area (Å²) in [6, 6.07) is 15.6. The lowest BCUT2D eigenvalue weighted by atomic mass is 9.90. The summed E-state index contributed by atoms with van der Waals surface area (Å²) in [4.78, 5) is 7.05. The van der Waals surface area contributed by atoms with Crippen LogP contribution in [-0.4, -0.2) is 39.3 Å². The van der Waals surface area contributed by atoms with Crippen molar-refractivity contribution < 1.29 is 4.39 Å². The fourth-order valence-electron chi connectivity index (χ4n) is 4.49. The molecule has 5 heteroatoms. The molecule has 0 spiro atoms. The summed E-state index contributed by atoms with van der Waals surface area (Å²) in [5.74, 6) is 0.749. The van der Waals surface area contributed by atoms with Crippen molar-refractivity contribution in [2.75, 3.05) is 19.6 Å². The summed E-state index contributed by atoms with van der Waals surface area (Å²) in [5, 5.41) is 4.41. The molecule has 0 amide bonds. The van der Waals surface area contributed by atoms with Crippen LogP contribution in [0.1, 0.15) is 35.4 Å². The topological polar surface area (TPSA) is 34.0 Å². The third kappa shape index (κ3) is 3.85. The van der Waals surface area contributed by atoms with Gasteiger partial charge in [0, 0.05) is 31.8 Å². The Balaban J connectivity index is 1.37. The smallest absolute Gasteiger partial charge is 0.158 e. The van der Waals surface area contributed by atoms with Crippen LogP contribution in [0.2, 0.25) is 0 Å². The van der Waals surface area contributed by atoms with Crippen molar-refractivity contribution in [1.82, 2.24) is 19.7 Å². The minimum absolute atomic E-state index is 0.175. The van der Waals surface area contributed by atoms with E-state index < -0.39 is 0 Å². The highest BCUT2D eigenvalue weighted by atomic mass is 19.1. The summed E-state index contributed by atoms with van der Waals surface area (Å²) >= 11 is 0. The van der Waals surface area contributed by atoms with E-state index in [0.29, 0.717) is 0 Å². The van der Waals surface area contributed by atoms with Crippen molar-refractivity contribution in [2.45, 2.75) is 25.8 Å². The Morgan fingerprint density at radius 3 is 2.63 bits per heavy atom. The highest BCUT2D eigenvalue weighted by molar-refractivity contribution is 5.81. The minimum Gasteiger partial charge on any atom is -0.299 e. The van der Waals surface area contributed by atoms with E-state index in [9.17, 15) is 4.39 Å². The molecule has 1 fully saturated rings. The molecule has 4 nitrogen and oxygen atoms in total. The first-order valence-corrected chi connectivity index (χ1v) is 10.6. The molecule has 3 aromatic rings. The summed E-state index contributed by atoms with van der Waals surface area (Å²) in [6.07, 6.45) is 8.83. The van der Waals surface area contributed by atoms with Crippen molar-refractivity contribution >= 4 is 11.6 Å². The summed E-state index contributed by atoms with van der Waals surface area (Å²) in [6.45, 7) is 3.72. The predicted octanol–water partition coefficient (Wildman–Crippen LogP) is 4.58. The second-order valence-electron chi connectivity index (χ2n) is 7.95. The number of nitrogens with zero attached hydrogens (tertiary/aromatic N) is 4. The van der Waals surface area contributed by atoms with Gasteiger partial charge in [-0.25, -0.2) is 14.1 Å². The van der Waals surface area contributed by atoms with Crippen LogP contribution in [0.5, 0.6) is 0 Å². The highest BCUT2D eigenvalue weighted by Gasteiger charge is 2.25. The molecule has 152 valence electrons. The molecule has 0 aliphatic carbocycles. The molecule has 2 aliphatic rings. The van der Waals surface area contributed by atoms with Crippen LogP contribution >= 0.6 is 0 Å². The van der Waals surface area contributed by atoms with Crippen LogP contribution < -0.4 is 0 Å². The predicted molar refractivity (Wildman–Crippen MR) is 117 cm³/mol. The normalized spacial score (nSPS) is 17.1. The number of rotatable bonds is 3. The van der Waals surface area contributed by atoms with E-state index in [0.717, 1.165) is 62.4 Å². The first-order chi connectivity index (χ1) is 14.8. The van der Waals surface area contributed by atoms with E-state index in [4.69, 9.17) is 0 Å². The molecule has 30 heavy (non-hydrogen) atoms. The summed E-state index contributed by atoms with van der Waals surface area (Å²) < 4.78 is 15.8. The number of halogens is 1. The van der Waals surface area contributed by atoms with Gasteiger partial charge in [-0.15, -0.1) is 0 Å². The molecule has 0 saturated carbocycles. The maximum absolute atomic E-state index is 13.9. The number of hydrogen-bond acceptors (Lipinski definition) is 3. The molecule has 1 aromatic heterocycles. The van der Waals surface area contributed by atoms with E-state index in [1.165, 1.54) is 16.7 Å². The summed E-state index contributed by atoms with van der Waals surface area (Å²) in [5.41, 5.74) is 5.98. The van der Waals surface area contributed by atoms with Gasteiger partial charge in [0.25, 0.3) is 0 Å². The number of aryl methyl sites for hydroxylation is 2. The lowest BCUT2D eigenvalue weighted by molar-refractivity contribution is 0.284. The van der Waals surface area contributed by atoms with E-state index >= 15 is 0 Å². The molecule has 1 saturated heterocycles. The first kappa shape index (κ1) is 18.9. The Hall–Kier alpha value is -3.05. The van der Waals surface area contributed by atoms with Gasteiger partial charge in [0.05, 0.1) is 0 Å². The number of likely N-dealkylation sites (tertiary alicyclic amines) is 1. The van der Waals surface area contributed by atoms with Gasteiger partial charge in [-0.1, -0.05) is 54.1 Å². The van der Waals surface area contributed by atoms with Crippen LogP contribution in [0.15, 0.2) is 66.5 Å². The minimum atomic E-state index is -0.175. The van der Waals surface area contributed by atoms with Gasteiger partial charge in [0.2, 0.25) is 0 Å². The first-order valence-electron chi connectivity index (χ1n) is 10.6. The largest absolute Gasteiger partial charge is 0.299 e. The third-order valence-electron chi connectivity index (χ3n) is 6.06. The zero-order valence-corrected chi connectivity index (χ0v) is 17.0. The lowest BCUT2D eigenvalue weighted by Gasteiger charge is -2.29. The number of benzene rings is 2. The molecule has 5 rings (SSSR count). The fraction of sp³-hybridized carbons (Fsp3) is 0.280. The molecule has 0 radical (unpaired) electrons. The SMILES string of the molecule is Fc1ccc2c(c1)CCn1ncnc1C2=C1CCN(CC=Cc2ccccc2)CC1. The standard InChI is InChI=1S/C25H25FN4/c26-22-8-9-23-21(17-22)12-16-30-25(27-18-28-30)24(23)20-10-14-29(15-11-20)13-4-7-19-5-2-1-3-6-19/h1-9,17-18H,10-16H2. The molecular weight excluding hydrogens is 375 g/mol. The van der Waals surface area contributed by atoms with Crippen molar-refractivity contribution in [1.29, 1.82) is 0 Å². The number of hydrogen-bond donors (Lipinski definition) is 0. The van der Waals surface area contributed by atoms with Crippen LogP contribution in [0.4, 0.5) is 4.39 Å². The molecule has 0 N–H and O–H groups in total. The molecule has 0 atom stereocenters. The summed E-state index contributed by atoms with van der Waals surface area (Å²) in [7, 11) is 0. The fourth-order valence-corrected chi connectivity index (χ4v) is 4.49. The van der Waals surface area contributed by atoms with Crippen LogP contribution in [0.25, 0.3) is 11.6 Å². The number of fused-ring (bicyclic) bond motifs is 2. The van der Waals surface area contributed by atoms with Gasteiger partial charge in [-0.2, -0.15) is 5.10 Å². The van der Waals surface area contributed by atoms with Gasteiger partial charge < -0.3 is 0 Å². The Morgan fingerprint density at radius 2 is 1.80 bits per heavy atom. The second kappa shape index (κ2) is 8.36. The third-order valence-corrected chi connectivity index (χ3v) is 6.06. The van der Waals surface area contributed by atoms with Crippen LogP contribution in [-0.2, 0) is 13.0 Å². The van der Waals surface area contributed by atoms with E-state index in [1.807, 2.05) is 16.8 Å². The van der Waals surface area contributed by atoms with Crippen LogP contribution in [0, 0.1) is 5.82 Å². The van der Waals surface area contributed by atoms with Gasteiger partial charge in [0.15, 0.2) is 5.82 Å². The van der Waals surface area contributed by atoms with Crippen molar-refractivity contribution in [2.24, 2.45) is 0 Å². The quantitative estimate of drug-likeness (QED) is 0.645. The Labute approximate surface area is 176 Å². The maximum Gasteiger partial charge on any atom is 0.158 e. The monoisotopic (exact) mass is 400 g/mol. The zero-order valence-electron chi connectivity index (χ0n) is 17.0. The van der Waals surface area contributed by atoms with Gasteiger partial charge in [-0.3, -0.25) is 4.90 Å². The molecule has 2 aromatic carbocycles. The van der Waals surface area contributed by atoms with E-state index in [1.54, 1.807) is 18.5 Å². The van der Waals surface area contributed by atoms with Crippen molar-refractivity contribution in [3.8, 4) is 0 Å². The average Bonchev–Trinajstić information content (AvgIpc) is 3.18. The highest BCUT2D eigenvalue weighted by Crippen LogP contribution is 2.35. The lowest BCUT2D eigenvalue weighted by Crippen LogP contribution is -2.31. The Kier molecular flexibility index (Phi) is 5.28.